The number of methoxy groups -OCH3 is 3. The van der Waals surface area contributed by atoms with E-state index >= 15 is 0 Å². The zero-order valence-electron chi connectivity index (χ0n) is 17.5. The average molecular weight is 443 g/mol. The molecule has 3 aromatic rings. The van der Waals surface area contributed by atoms with Crippen molar-refractivity contribution in [3.63, 3.8) is 0 Å². The summed E-state index contributed by atoms with van der Waals surface area (Å²) in [6, 6.07) is 18.1. The minimum atomic E-state index is -0.555. The molecular formula is C24H23ClO6. The first-order valence-electron chi connectivity index (χ1n) is 9.47. The van der Waals surface area contributed by atoms with Gasteiger partial charge in [-0.05, 0) is 35.4 Å². The molecule has 0 amide bonds. The van der Waals surface area contributed by atoms with Crippen molar-refractivity contribution in [1.82, 2.24) is 0 Å². The van der Waals surface area contributed by atoms with Gasteiger partial charge in [0.15, 0.2) is 11.5 Å². The van der Waals surface area contributed by atoms with Gasteiger partial charge in [0.2, 0.25) is 0 Å². The molecular weight excluding hydrogens is 420 g/mol. The van der Waals surface area contributed by atoms with Crippen LogP contribution in [-0.4, -0.2) is 27.3 Å². The largest absolute Gasteiger partial charge is 0.497 e. The Hall–Kier alpha value is -3.38. The summed E-state index contributed by atoms with van der Waals surface area (Å²) in [5, 5.41) is 0.216. The first-order valence-corrected chi connectivity index (χ1v) is 9.85. The van der Waals surface area contributed by atoms with Gasteiger partial charge in [0.25, 0.3) is 0 Å². The fraction of sp³-hybridized carbons (Fsp3) is 0.208. The van der Waals surface area contributed by atoms with Gasteiger partial charge in [-0.15, -0.1) is 0 Å². The fourth-order valence-corrected chi connectivity index (χ4v) is 3.02. The van der Waals surface area contributed by atoms with Crippen LogP contribution in [0.1, 0.15) is 21.5 Å². The Morgan fingerprint density at radius 1 is 0.742 bits per heavy atom. The third-order valence-corrected chi connectivity index (χ3v) is 4.86. The molecule has 0 saturated heterocycles. The lowest BCUT2D eigenvalue weighted by Crippen LogP contribution is -2.06. The molecule has 0 radical (unpaired) electrons. The molecule has 0 aliphatic rings. The van der Waals surface area contributed by atoms with Crippen molar-refractivity contribution in [2.45, 2.75) is 13.2 Å². The molecule has 0 atom stereocenters. The normalized spacial score (nSPS) is 10.3. The maximum absolute atomic E-state index is 12.1. The molecule has 7 heteroatoms. The van der Waals surface area contributed by atoms with Crippen LogP contribution in [0.3, 0.4) is 0 Å². The number of carbonyl (C=O) groups excluding carboxylic acids is 1. The third kappa shape index (κ3) is 5.83. The summed E-state index contributed by atoms with van der Waals surface area (Å²) in [4.78, 5) is 12.1. The monoisotopic (exact) mass is 442 g/mol. The van der Waals surface area contributed by atoms with Crippen molar-refractivity contribution in [3.05, 3.63) is 82.4 Å². The molecule has 0 aliphatic heterocycles. The van der Waals surface area contributed by atoms with Crippen molar-refractivity contribution in [1.29, 1.82) is 0 Å². The van der Waals surface area contributed by atoms with E-state index in [1.165, 1.54) is 13.2 Å². The molecule has 0 fully saturated rings. The van der Waals surface area contributed by atoms with Gasteiger partial charge in [0, 0.05) is 12.1 Å². The summed E-state index contributed by atoms with van der Waals surface area (Å²) in [5.41, 5.74) is 2.07. The lowest BCUT2D eigenvalue weighted by molar-refractivity contribution is 0.0600. The summed E-state index contributed by atoms with van der Waals surface area (Å²) in [7, 11) is 4.52. The van der Waals surface area contributed by atoms with Crippen LogP contribution >= 0.6 is 11.6 Å². The maximum Gasteiger partial charge on any atom is 0.339 e. The van der Waals surface area contributed by atoms with Crippen LogP contribution in [0, 0.1) is 0 Å². The first kappa shape index (κ1) is 22.3. The Labute approximate surface area is 186 Å². The summed E-state index contributed by atoms with van der Waals surface area (Å²) in [6.07, 6.45) is 0. The predicted molar refractivity (Wildman–Crippen MR) is 117 cm³/mol. The van der Waals surface area contributed by atoms with Gasteiger partial charge in [-0.1, -0.05) is 35.9 Å². The summed E-state index contributed by atoms with van der Waals surface area (Å²) < 4.78 is 27.1. The maximum atomic E-state index is 12.1. The molecule has 0 spiro atoms. The van der Waals surface area contributed by atoms with E-state index in [2.05, 4.69) is 0 Å². The van der Waals surface area contributed by atoms with Crippen molar-refractivity contribution >= 4 is 17.6 Å². The number of halogens is 1. The highest BCUT2D eigenvalue weighted by molar-refractivity contribution is 6.33. The number of ether oxygens (including phenoxy) is 5. The quantitative estimate of drug-likeness (QED) is 0.419. The van der Waals surface area contributed by atoms with Crippen LogP contribution in [0.15, 0.2) is 60.7 Å². The van der Waals surface area contributed by atoms with Gasteiger partial charge in [-0.2, -0.15) is 0 Å². The van der Waals surface area contributed by atoms with Gasteiger partial charge in [-0.3, -0.25) is 0 Å². The molecule has 3 aromatic carbocycles. The number of hydrogen-bond donors (Lipinski definition) is 0. The standard InChI is InChI=1S/C24H23ClO6/c1-27-18-8-4-16(5-9-18)14-30-22-12-20(24(26)29-3)21(25)13-23(22)31-15-17-6-10-19(28-2)11-7-17/h4-13H,14-15H2,1-3H3. The highest BCUT2D eigenvalue weighted by Crippen LogP contribution is 2.35. The summed E-state index contributed by atoms with van der Waals surface area (Å²) in [6.45, 7) is 0.557. The number of hydrogen-bond acceptors (Lipinski definition) is 6. The molecule has 0 N–H and O–H groups in total. The topological polar surface area (TPSA) is 63.2 Å². The minimum Gasteiger partial charge on any atom is -0.497 e. The van der Waals surface area contributed by atoms with Gasteiger partial charge in [-0.25, -0.2) is 4.79 Å². The van der Waals surface area contributed by atoms with Crippen molar-refractivity contribution in [2.24, 2.45) is 0 Å². The molecule has 6 nitrogen and oxygen atoms in total. The Balaban J connectivity index is 1.81. The smallest absolute Gasteiger partial charge is 0.339 e. The Morgan fingerprint density at radius 2 is 1.19 bits per heavy atom. The average Bonchev–Trinajstić information content (AvgIpc) is 2.82. The Morgan fingerprint density at radius 3 is 1.61 bits per heavy atom. The summed E-state index contributed by atoms with van der Waals surface area (Å²) >= 11 is 6.28. The van der Waals surface area contributed by atoms with Crippen molar-refractivity contribution in [2.75, 3.05) is 21.3 Å². The van der Waals surface area contributed by atoms with E-state index in [1.807, 2.05) is 48.5 Å². The molecule has 0 aliphatic carbocycles. The van der Waals surface area contributed by atoms with Crippen LogP contribution in [0.25, 0.3) is 0 Å². The fourth-order valence-electron chi connectivity index (χ4n) is 2.79. The minimum absolute atomic E-state index is 0.200. The third-order valence-electron chi connectivity index (χ3n) is 4.55. The van der Waals surface area contributed by atoms with Crippen LogP contribution in [-0.2, 0) is 18.0 Å². The Kier molecular flexibility index (Phi) is 7.62. The van der Waals surface area contributed by atoms with E-state index in [9.17, 15) is 4.79 Å². The van der Waals surface area contributed by atoms with Crippen molar-refractivity contribution in [3.8, 4) is 23.0 Å². The molecule has 0 unspecified atom stereocenters. The molecule has 0 heterocycles. The highest BCUT2D eigenvalue weighted by Gasteiger charge is 2.17. The van der Waals surface area contributed by atoms with Crippen LogP contribution in [0.4, 0.5) is 0 Å². The van der Waals surface area contributed by atoms with E-state index in [0.717, 1.165) is 22.6 Å². The summed E-state index contributed by atoms with van der Waals surface area (Å²) in [5.74, 6) is 1.77. The second-order valence-corrected chi connectivity index (χ2v) is 6.95. The lowest BCUT2D eigenvalue weighted by atomic mass is 10.2. The SMILES string of the molecule is COC(=O)c1cc(OCc2ccc(OC)cc2)c(OCc2ccc(OC)cc2)cc1Cl. The number of esters is 1. The zero-order valence-corrected chi connectivity index (χ0v) is 18.3. The van der Waals surface area contributed by atoms with Crippen LogP contribution < -0.4 is 18.9 Å². The van der Waals surface area contributed by atoms with Gasteiger partial charge in [0.05, 0.1) is 31.9 Å². The molecule has 3 rings (SSSR count). The highest BCUT2D eigenvalue weighted by atomic mass is 35.5. The second-order valence-electron chi connectivity index (χ2n) is 6.54. The van der Waals surface area contributed by atoms with Gasteiger partial charge in [0.1, 0.15) is 24.7 Å². The van der Waals surface area contributed by atoms with Crippen LogP contribution in [0.5, 0.6) is 23.0 Å². The molecule has 31 heavy (non-hydrogen) atoms. The van der Waals surface area contributed by atoms with E-state index in [4.69, 9.17) is 35.3 Å². The molecule has 0 aromatic heterocycles. The van der Waals surface area contributed by atoms with E-state index < -0.39 is 5.97 Å². The van der Waals surface area contributed by atoms with Gasteiger partial charge >= 0.3 is 5.97 Å². The Bertz CT molecular complexity index is 1020. The van der Waals surface area contributed by atoms with Gasteiger partial charge < -0.3 is 23.7 Å². The molecule has 0 bridgehead atoms. The van der Waals surface area contributed by atoms with E-state index in [1.54, 1.807) is 20.3 Å². The zero-order chi connectivity index (χ0) is 22.2. The first-order chi connectivity index (χ1) is 15.0. The second kappa shape index (κ2) is 10.6. The lowest BCUT2D eigenvalue weighted by Gasteiger charge is -2.15. The number of benzene rings is 3. The van der Waals surface area contributed by atoms with Crippen LogP contribution in [0.2, 0.25) is 5.02 Å². The van der Waals surface area contributed by atoms with Crippen molar-refractivity contribution < 1.29 is 28.5 Å². The van der Waals surface area contributed by atoms with E-state index in [0.29, 0.717) is 11.5 Å². The number of rotatable bonds is 9. The molecule has 162 valence electrons. The number of carbonyl (C=O) groups is 1. The van der Waals surface area contributed by atoms with E-state index in [-0.39, 0.29) is 23.8 Å². The molecule has 0 saturated carbocycles. The predicted octanol–water partition coefficient (Wildman–Crippen LogP) is 5.30.